The van der Waals surface area contributed by atoms with E-state index in [2.05, 4.69) is 10.2 Å². The van der Waals surface area contributed by atoms with E-state index < -0.39 is 16.0 Å². The zero-order chi connectivity index (χ0) is 13.9. The molecule has 1 unspecified atom stereocenters. The Morgan fingerprint density at radius 2 is 2.11 bits per heavy atom. The highest BCUT2D eigenvalue weighted by molar-refractivity contribution is 7.89. The second-order valence-electron chi connectivity index (χ2n) is 3.90. The Morgan fingerprint density at radius 3 is 2.56 bits per heavy atom. The Hall–Kier alpha value is -1.41. The Kier molecular flexibility index (Phi) is 4.47. The summed E-state index contributed by atoms with van der Waals surface area (Å²) in [5.41, 5.74) is 0.0169. The third-order valence-electron chi connectivity index (χ3n) is 2.51. The molecule has 1 aromatic heterocycles. The van der Waals surface area contributed by atoms with Gasteiger partial charge in [-0.05, 0) is 19.8 Å². The van der Waals surface area contributed by atoms with E-state index in [4.69, 9.17) is 9.88 Å². The van der Waals surface area contributed by atoms with Gasteiger partial charge in [-0.2, -0.15) is 5.10 Å². The zero-order valence-corrected chi connectivity index (χ0v) is 11.4. The number of hydrogen-bond acceptors (Lipinski definition) is 5. The van der Waals surface area contributed by atoms with E-state index in [1.54, 1.807) is 13.8 Å². The zero-order valence-electron chi connectivity index (χ0n) is 10.6. The third-order valence-corrected chi connectivity index (χ3v) is 3.52. The highest BCUT2D eigenvalue weighted by atomic mass is 32.2. The summed E-state index contributed by atoms with van der Waals surface area (Å²) in [5, 5.41) is 11.3. The van der Waals surface area contributed by atoms with Gasteiger partial charge in [0.25, 0.3) is 0 Å². The number of primary sulfonamides is 1. The number of hydrogen-bond donors (Lipinski definition) is 2. The number of sulfonamides is 1. The number of esters is 1. The lowest BCUT2D eigenvalue weighted by Gasteiger charge is -2.09. The van der Waals surface area contributed by atoms with Crippen molar-refractivity contribution < 1.29 is 17.9 Å². The topological polar surface area (TPSA) is 115 Å². The first-order valence-electron chi connectivity index (χ1n) is 5.62. The maximum Gasteiger partial charge on any atom is 0.360 e. The first-order valence-corrected chi connectivity index (χ1v) is 7.16. The van der Waals surface area contributed by atoms with Crippen LogP contribution in [0.5, 0.6) is 0 Å². The van der Waals surface area contributed by atoms with Gasteiger partial charge in [-0.3, -0.25) is 5.10 Å². The van der Waals surface area contributed by atoms with Crippen LogP contribution >= 0.6 is 0 Å². The van der Waals surface area contributed by atoms with Crippen LogP contribution in [0.2, 0.25) is 0 Å². The van der Waals surface area contributed by atoms with Gasteiger partial charge in [0.2, 0.25) is 10.0 Å². The molecule has 18 heavy (non-hydrogen) atoms. The summed E-state index contributed by atoms with van der Waals surface area (Å²) in [6.45, 7) is 5.29. The first kappa shape index (κ1) is 14.7. The largest absolute Gasteiger partial charge is 0.458 e. The third kappa shape index (κ3) is 3.08. The molecule has 0 aliphatic carbocycles. The van der Waals surface area contributed by atoms with Crippen molar-refractivity contribution in [1.82, 2.24) is 10.2 Å². The molecule has 1 rings (SSSR count). The van der Waals surface area contributed by atoms with E-state index in [-0.39, 0.29) is 16.7 Å². The van der Waals surface area contributed by atoms with E-state index in [1.807, 2.05) is 6.92 Å². The van der Waals surface area contributed by atoms with Crippen molar-refractivity contribution in [3.63, 3.8) is 0 Å². The van der Waals surface area contributed by atoms with Gasteiger partial charge in [0.05, 0.1) is 11.8 Å². The van der Waals surface area contributed by atoms with Gasteiger partial charge in [-0.1, -0.05) is 13.8 Å². The van der Waals surface area contributed by atoms with Gasteiger partial charge < -0.3 is 4.74 Å². The fourth-order valence-electron chi connectivity index (χ4n) is 1.37. The van der Waals surface area contributed by atoms with E-state index >= 15 is 0 Å². The number of aryl methyl sites for hydroxylation is 1. The van der Waals surface area contributed by atoms with Gasteiger partial charge >= 0.3 is 5.97 Å². The van der Waals surface area contributed by atoms with Crippen molar-refractivity contribution in [3.8, 4) is 0 Å². The summed E-state index contributed by atoms with van der Waals surface area (Å²) in [4.78, 5) is 11.5. The number of carbonyl (C=O) groups excluding carboxylic acids is 1. The molecular formula is C10H17N3O4S. The minimum absolute atomic E-state index is 0.279. The van der Waals surface area contributed by atoms with Crippen LogP contribution in [0.1, 0.15) is 43.4 Å². The molecule has 7 nitrogen and oxygen atoms in total. The minimum Gasteiger partial charge on any atom is -0.458 e. The van der Waals surface area contributed by atoms with Gasteiger partial charge in [0.1, 0.15) is 4.90 Å². The van der Waals surface area contributed by atoms with Crippen LogP contribution < -0.4 is 5.14 Å². The standard InChI is InChI=1S/C10H17N3O4S/c1-4-6(3)17-10(14)8-9(18(11,15)16)7(5-2)12-13-8/h6H,4-5H2,1-3H3,(H,12,13)(H2,11,15,16). The molecule has 1 aromatic rings. The number of ether oxygens (including phenoxy) is 1. The maximum absolute atomic E-state index is 11.8. The lowest BCUT2D eigenvalue weighted by molar-refractivity contribution is 0.0323. The molecule has 0 saturated heterocycles. The summed E-state index contributed by atoms with van der Waals surface area (Å²) in [6.07, 6.45) is 0.685. The molecule has 0 aliphatic rings. The van der Waals surface area contributed by atoms with E-state index in [1.165, 1.54) is 0 Å². The lowest BCUT2D eigenvalue weighted by Crippen LogP contribution is -2.20. The van der Waals surface area contributed by atoms with Gasteiger partial charge in [-0.25, -0.2) is 18.4 Å². The molecule has 102 valence electrons. The summed E-state index contributed by atoms with van der Waals surface area (Å²) in [5.74, 6) is -0.788. The van der Waals surface area contributed by atoms with Crippen LogP contribution in [0.4, 0.5) is 0 Å². The molecule has 0 aromatic carbocycles. The van der Waals surface area contributed by atoms with E-state index in [0.717, 1.165) is 0 Å². The number of H-pyrrole nitrogens is 1. The van der Waals surface area contributed by atoms with Gasteiger partial charge in [0.15, 0.2) is 5.69 Å². The number of nitrogens with zero attached hydrogens (tertiary/aromatic N) is 1. The first-order chi connectivity index (χ1) is 8.31. The van der Waals surface area contributed by atoms with Crippen LogP contribution in [0.25, 0.3) is 0 Å². The van der Waals surface area contributed by atoms with Gasteiger partial charge in [0, 0.05) is 0 Å². The van der Waals surface area contributed by atoms with Crippen molar-refractivity contribution >= 4 is 16.0 Å². The predicted molar refractivity (Wildman–Crippen MR) is 64.5 cm³/mol. The van der Waals surface area contributed by atoms with Crippen molar-refractivity contribution in [2.75, 3.05) is 0 Å². The van der Waals surface area contributed by atoms with Crippen molar-refractivity contribution in [2.45, 2.75) is 44.6 Å². The van der Waals surface area contributed by atoms with Crippen molar-refractivity contribution in [1.29, 1.82) is 0 Å². The van der Waals surface area contributed by atoms with Crippen LogP contribution in [-0.2, 0) is 21.2 Å². The molecule has 1 heterocycles. The summed E-state index contributed by atoms with van der Waals surface area (Å²) in [6, 6.07) is 0. The molecule has 1 atom stereocenters. The number of nitrogens with one attached hydrogen (secondary N) is 1. The Labute approximate surface area is 106 Å². The Morgan fingerprint density at radius 1 is 1.50 bits per heavy atom. The molecule has 3 N–H and O–H groups in total. The van der Waals surface area contributed by atoms with E-state index in [9.17, 15) is 13.2 Å². The number of nitrogens with two attached hydrogens (primary N) is 1. The molecule has 0 aliphatic heterocycles. The maximum atomic E-state index is 11.8. The van der Waals surface area contributed by atoms with Crippen molar-refractivity contribution in [2.24, 2.45) is 5.14 Å². The van der Waals surface area contributed by atoms with Gasteiger partial charge in [-0.15, -0.1) is 0 Å². The monoisotopic (exact) mass is 275 g/mol. The van der Waals surface area contributed by atoms with Crippen LogP contribution in [0.15, 0.2) is 4.90 Å². The van der Waals surface area contributed by atoms with Crippen LogP contribution in [0, 0.1) is 0 Å². The lowest BCUT2D eigenvalue weighted by atomic mass is 10.3. The summed E-state index contributed by atoms with van der Waals surface area (Å²) >= 11 is 0. The SMILES string of the molecule is CCc1[nH]nc(C(=O)OC(C)CC)c1S(N)(=O)=O. The number of aromatic amines is 1. The predicted octanol–water partition coefficient (Wildman–Crippen LogP) is 0.575. The molecule has 0 fully saturated rings. The summed E-state index contributed by atoms with van der Waals surface area (Å²) < 4.78 is 28.0. The second-order valence-corrected chi connectivity index (χ2v) is 5.40. The summed E-state index contributed by atoms with van der Waals surface area (Å²) in [7, 11) is -4.02. The number of carbonyl (C=O) groups is 1. The molecule has 0 radical (unpaired) electrons. The molecular weight excluding hydrogens is 258 g/mol. The molecule has 0 spiro atoms. The smallest absolute Gasteiger partial charge is 0.360 e. The minimum atomic E-state index is -4.02. The Balaban J connectivity index is 3.18. The highest BCUT2D eigenvalue weighted by Gasteiger charge is 2.28. The second kappa shape index (κ2) is 5.49. The fraction of sp³-hybridized carbons (Fsp3) is 0.600. The number of aromatic nitrogens is 2. The molecule has 0 bridgehead atoms. The number of rotatable bonds is 5. The quantitative estimate of drug-likeness (QED) is 0.762. The Bertz CT molecular complexity index is 535. The average molecular weight is 275 g/mol. The van der Waals surface area contributed by atoms with Crippen LogP contribution in [-0.4, -0.2) is 30.7 Å². The highest BCUT2D eigenvalue weighted by Crippen LogP contribution is 2.18. The van der Waals surface area contributed by atoms with E-state index in [0.29, 0.717) is 18.5 Å². The van der Waals surface area contributed by atoms with Crippen LogP contribution in [0.3, 0.4) is 0 Å². The molecule has 0 saturated carbocycles. The van der Waals surface area contributed by atoms with Crippen molar-refractivity contribution in [3.05, 3.63) is 11.4 Å². The average Bonchev–Trinajstić information content (AvgIpc) is 2.72. The molecule has 0 amide bonds. The fourth-order valence-corrected chi connectivity index (χ4v) is 2.31. The normalized spacial score (nSPS) is 13.3. The molecule has 8 heteroatoms.